The molecule has 1 saturated heterocycles. The van der Waals surface area contributed by atoms with Gasteiger partial charge in [-0.2, -0.15) is 0 Å². The molecule has 19 heavy (non-hydrogen) atoms. The maximum atomic E-state index is 9.76. The highest BCUT2D eigenvalue weighted by molar-refractivity contribution is 5.42. The van der Waals surface area contributed by atoms with Gasteiger partial charge in [-0.15, -0.1) is 0 Å². The van der Waals surface area contributed by atoms with Crippen LogP contribution in [0, 0.1) is 13.8 Å². The van der Waals surface area contributed by atoms with Crippen LogP contribution in [0.1, 0.15) is 36.5 Å². The van der Waals surface area contributed by atoms with Gasteiger partial charge in [-0.25, -0.2) is 0 Å². The molecule has 2 rings (SSSR count). The van der Waals surface area contributed by atoms with Crippen LogP contribution in [0.2, 0.25) is 0 Å². The minimum absolute atomic E-state index is 0.425. The lowest BCUT2D eigenvalue weighted by molar-refractivity contribution is 0.251. The number of rotatable bonds is 5. The van der Waals surface area contributed by atoms with Crippen molar-refractivity contribution >= 4 is 0 Å². The summed E-state index contributed by atoms with van der Waals surface area (Å²) in [5.41, 5.74) is 3.18. The molecular weight excluding hydrogens is 236 g/mol. The summed E-state index contributed by atoms with van der Waals surface area (Å²) in [4.78, 5) is 2.56. The van der Waals surface area contributed by atoms with E-state index in [1.165, 1.54) is 31.5 Å². The summed E-state index contributed by atoms with van der Waals surface area (Å²) < 4.78 is 0. The summed E-state index contributed by atoms with van der Waals surface area (Å²) in [6.07, 6.45) is 2.70. The van der Waals surface area contributed by atoms with E-state index in [9.17, 15) is 5.11 Å². The van der Waals surface area contributed by atoms with Crippen LogP contribution in [0.3, 0.4) is 0 Å². The van der Waals surface area contributed by atoms with Crippen LogP contribution in [-0.2, 0) is 6.54 Å². The topological polar surface area (TPSA) is 35.5 Å². The molecule has 0 spiro atoms. The minimum Gasteiger partial charge on any atom is -0.507 e. The Morgan fingerprint density at radius 2 is 1.79 bits per heavy atom. The van der Waals surface area contributed by atoms with Crippen LogP contribution in [0.25, 0.3) is 0 Å². The maximum Gasteiger partial charge on any atom is 0.121 e. The number of phenols is 1. The summed E-state index contributed by atoms with van der Waals surface area (Å²) in [5.74, 6) is 0.425. The lowest BCUT2D eigenvalue weighted by Gasteiger charge is -2.24. The summed E-state index contributed by atoms with van der Waals surface area (Å²) in [6, 6.07) is 4.74. The Bertz CT molecular complexity index is 402. The number of phenolic OH excluding ortho intramolecular Hbond substituents is 1. The first-order valence-corrected chi connectivity index (χ1v) is 7.32. The van der Waals surface area contributed by atoms with Crippen LogP contribution in [0.4, 0.5) is 0 Å². The zero-order chi connectivity index (χ0) is 13.8. The second kappa shape index (κ2) is 6.40. The predicted octanol–water partition coefficient (Wildman–Crippen LogP) is 2.58. The van der Waals surface area contributed by atoms with Gasteiger partial charge in [-0.1, -0.05) is 12.1 Å². The van der Waals surface area contributed by atoms with E-state index in [0.717, 1.165) is 24.2 Å². The fourth-order valence-electron chi connectivity index (χ4n) is 2.88. The van der Waals surface area contributed by atoms with Gasteiger partial charge in [-0.05, 0) is 63.4 Å². The normalized spacial score (nSPS) is 17.8. The van der Waals surface area contributed by atoms with Crippen molar-refractivity contribution in [1.82, 2.24) is 10.2 Å². The third-order valence-electron chi connectivity index (χ3n) is 4.08. The quantitative estimate of drug-likeness (QED) is 0.856. The zero-order valence-corrected chi connectivity index (χ0v) is 12.4. The molecule has 0 radical (unpaired) electrons. The summed E-state index contributed by atoms with van der Waals surface area (Å²) >= 11 is 0. The van der Waals surface area contributed by atoms with E-state index in [1.54, 1.807) is 0 Å². The van der Waals surface area contributed by atoms with E-state index < -0.39 is 0 Å². The Hall–Kier alpha value is -1.06. The molecule has 0 amide bonds. The molecule has 3 nitrogen and oxygen atoms in total. The van der Waals surface area contributed by atoms with Crippen molar-refractivity contribution in [2.24, 2.45) is 0 Å². The van der Waals surface area contributed by atoms with Crippen molar-refractivity contribution in [2.45, 2.75) is 46.2 Å². The molecule has 1 fully saturated rings. The number of aryl methyl sites for hydroxylation is 2. The van der Waals surface area contributed by atoms with Gasteiger partial charge in [0.05, 0.1) is 0 Å². The van der Waals surface area contributed by atoms with E-state index in [-0.39, 0.29) is 0 Å². The molecule has 1 aliphatic heterocycles. The summed E-state index contributed by atoms with van der Waals surface area (Å²) in [6.45, 7) is 10.6. The molecule has 1 aliphatic rings. The van der Waals surface area contributed by atoms with E-state index in [1.807, 2.05) is 13.8 Å². The fourth-order valence-corrected chi connectivity index (χ4v) is 2.88. The second-order valence-electron chi connectivity index (χ2n) is 5.80. The molecule has 3 heteroatoms. The first kappa shape index (κ1) is 14.4. The molecule has 0 saturated carbocycles. The number of hydrogen-bond donors (Lipinski definition) is 2. The average Bonchev–Trinajstić information content (AvgIpc) is 2.89. The van der Waals surface area contributed by atoms with Crippen LogP contribution in [0.15, 0.2) is 12.1 Å². The highest BCUT2D eigenvalue weighted by Crippen LogP contribution is 2.22. The van der Waals surface area contributed by atoms with Crippen molar-refractivity contribution in [3.05, 3.63) is 28.8 Å². The zero-order valence-electron chi connectivity index (χ0n) is 12.4. The van der Waals surface area contributed by atoms with Crippen molar-refractivity contribution in [1.29, 1.82) is 0 Å². The highest BCUT2D eigenvalue weighted by atomic mass is 16.3. The van der Waals surface area contributed by atoms with Crippen molar-refractivity contribution in [3.63, 3.8) is 0 Å². The van der Waals surface area contributed by atoms with Gasteiger partial charge >= 0.3 is 0 Å². The largest absolute Gasteiger partial charge is 0.507 e. The summed E-state index contributed by atoms with van der Waals surface area (Å²) in [7, 11) is 0. The number of likely N-dealkylation sites (tertiary alicyclic amines) is 1. The maximum absolute atomic E-state index is 9.76. The molecule has 0 aromatic heterocycles. The molecule has 1 aromatic carbocycles. The highest BCUT2D eigenvalue weighted by Gasteiger charge is 2.17. The second-order valence-corrected chi connectivity index (χ2v) is 5.80. The fraction of sp³-hybridized carbons (Fsp3) is 0.625. The number of benzene rings is 1. The van der Waals surface area contributed by atoms with Crippen molar-refractivity contribution in [2.75, 3.05) is 19.6 Å². The number of nitrogens with one attached hydrogen (secondary N) is 1. The summed E-state index contributed by atoms with van der Waals surface area (Å²) in [5, 5.41) is 13.3. The van der Waals surface area contributed by atoms with Gasteiger partial charge < -0.3 is 10.4 Å². The molecule has 0 aliphatic carbocycles. The van der Waals surface area contributed by atoms with Gasteiger partial charge in [0.2, 0.25) is 0 Å². The number of nitrogens with zero attached hydrogens (tertiary/aromatic N) is 1. The van der Waals surface area contributed by atoms with Gasteiger partial charge in [0, 0.05) is 19.1 Å². The Kier molecular flexibility index (Phi) is 4.83. The smallest absolute Gasteiger partial charge is 0.121 e. The molecule has 0 bridgehead atoms. The monoisotopic (exact) mass is 262 g/mol. The number of hydrogen-bond acceptors (Lipinski definition) is 3. The van der Waals surface area contributed by atoms with Crippen LogP contribution in [-0.4, -0.2) is 35.7 Å². The Balaban J connectivity index is 1.82. The van der Waals surface area contributed by atoms with Crippen LogP contribution >= 0.6 is 0 Å². The Morgan fingerprint density at radius 1 is 1.21 bits per heavy atom. The van der Waals surface area contributed by atoms with Crippen LogP contribution in [0.5, 0.6) is 5.75 Å². The van der Waals surface area contributed by atoms with Gasteiger partial charge in [0.15, 0.2) is 0 Å². The van der Waals surface area contributed by atoms with Crippen LogP contribution < -0.4 is 5.32 Å². The third kappa shape index (κ3) is 3.71. The molecule has 1 heterocycles. The average molecular weight is 262 g/mol. The number of aromatic hydroxyl groups is 1. The first-order chi connectivity index (χ1) is 9.08. The Labute approximate surface area is 116 Å². The van der Waals surface area contributed by atoms with Crippen molar-refractivity contribution in [3.8, 4) is 5.75 Å². The van der Waals surface area contributed by atoms with E-state index in [0.29, 0.717) is 11.8 Å². The molecule has 1 aromatic rings. The molecule has 106 valence electrons. The van der Waals surface area contributed by atoms with E-state index in [2.05, 4.69) is 29.3 Å². The molecule has 2 N–H and O–H groups in total. The lowest BCUT2D eigenvalue weighted by Crippen LogP contribution is -2.38. The van der Waals surface area contributed by atoms with Gasteiger partial charge in [0.1, 0.15) is 5.75 Å². The SMILES string of the molecule is Cc1cc(CNCC(C)N2CCCC2)cc(C)c1O. The van der Waals surface area contributed by atoms with Gasteiger partial charge in [-0.3, -0.25) is 4.90 Å². The molecular formula is C16H26N2O. The van der Waals surface area contributed by atoms with E-state index >= 15 is 0 Å². The van der Waals surface area contributed by atoms with E-state index in [4.69, 9.17) is 0 Å². The predicted molar refractivity (Wildman–Crippen MR) is 79.6 cm³/mol. The minimum atomic E-state index is 0.425. The molecule has 1 unspecified atom stereocenters. The lowest BCUT2D eigenvalue weighted by atomic mass is 10.1. The standard InChI is InChI=1S/C16H26N2O/c1-12-8-15(9-13(2)16(12)19)11-17-10-14(3)18-6-4-5-7-18/h8-9,14,17,19H,4-7,10-11H2,1-3H3. The van der Waals surface area contributed by atoms with Gasteiger partial charge in [0.25, 0.3) is 0 Å². The first-order valence-electron chi connectivity index (χ1n) is 7.32. The van der Waals surface area contributed by atoms with Crippen molar-refractivity contribution < 1.29 is 5.11 Å². The molecule has 1 atom stereocenters. The third-order valence-corrected chi connectivity index (χ3v) is 4.08. The Morgan fingerprint density at radius 3 is 2.37 bits per heavy atom.